The molecule has 0 spiro atoms. The van der Waals surface area contributed by atoms with Crippen molar-refractivity contribution in [1.82, 2.24) is 9.97 Å². The van der Waals surface area contributed by atoms with Gasteiger partial charge in [-0.2, -0.15) is 0 Å². The van der Waals surface area contributed by atoms with Crippen molar-refractivity contribution in [3.05, 3.63) is 72.5 Å². The van der Waals surface area contributed by atoms with E-state index in [-0.39, 0.29) is 11.6 Å². The number of phenols is 1. The van der Waals surface area contributed by atoms with Crippen LogP contribution in [0.5, 0.6) is 11.5 Å². The van der Waals surface area contributed by atoms with Crippen molar-refractivity contribution < 1.29 is 14.2 Å². The summed E-state index contributed by atoms with van der Waals surface area (Å²) in [6.45, 7) is 0. The minimum atomic E-state index is -0.310. The van der Waals surface area contributed by atoms with Crippen molar-refractivity contribution in [2.75, 3.05) is 12.4 Å². The summed E-state index contributed by atoms with van der Waals surface area (Å²) >= 11 is 0. The Bertz CT molecular complexity index is 1110. The molecule has 4 aromatic rings. The topological polar surface area (TPSA) is 67.3 Å². The summed E-state index contributed by atoms with van der Waals surface area (Å²) < 4.78 is 18.4. The van der Waals surface area contributed by atoms with Crippen molar-refractivity contribution >= 4 is 22.4 Å². The third kappa shape index (κ3) is 3.25. The van der Waals surface area contributed by atoms with E-state index < -0.39 is 0 Å². The van der Waals surface area contributed by atoms with Crippen molar-refractivity contribution in [2.24, 2.45) is 0 Å². The molecule has 6 heteroatoms. The van der Waals surface area contributed by atoms with E-state index >= 15 is 0 Å². The van der Waals surface area contributed by atoms with E-state index in [0.29, 0.717) is 34.2 Å². The number of aromatic hydroxyl groups is 1. The first kappa shape index (κ1) is 16.8. The van der Waals surface area contributed by atoms with Crippen LogP contribution < -0.4 is 10.1 Å². The number of hydrogen-bond donors (Lipinski definition) is 2. The molecule has 0 aliphatic carbocycles. The molecule has 0 radical (unpaired) electrons. The number of halogens is 1. The zero-order valence-electron chi connectivity index (χ0n) is 14.5. The maximum Gasteiger partial charge on any atom is 0.168 e. The highest BCUT2D eigenvalue weighted by Crippen LogP contribution is 2.37. The Morgan fingerprint density at radius 1 is 0.926 bits per heavy atom. The van der Waals surface area contributed by atoms with Crippen LogP contribution in [0.2, 0.25) is 0 Å². The second-order valence-electron chi connectivity index (χ2n) is 5.90. The van der Waals surface area contributed by atoms with Gasteiger partial charge in [-0.3, -0.25) is 0 Å². The molecule has 0 fully saturated rings. The largest absolute Gasteiger partial charge is 0.504 e. The molecule has 27 heavy (non-hydrogen) atoms. The summed E-state index contributed by atoms with van der Waals surface area (Å²) in [5, 5.41) is 14.5. The number of aromatic nitrogens is 2. The van der Waals surface area contributed by atoms with Crippen LogP contribution in [0.1, 0.15) is 0 Å². The van der Waals surface area contributed by atoms with E-state index in [1.165, 1.54) is 19.2 Å². The number of anilines is 2. The minimum absolute atomic E-state index is 0.0250. The van der Waals surface area contributed by atoms with Crippen LogP contribution in [-0.4, -0.2) is 22.2 Å². The molecule has 5 nitrogen and oxygen atoms in total. The quantitative estimate of drug-likeness (QED) is 0.541. The molecule has 4 rings (SSSR count). The highest BCUT2D eigenvalue weighted by Gasteiger charge is 2.15. The number of phenolic OH excluding ortho intramolecular Hbond substituents is 1. The number of fused-ring (bicyclic) bond motifs is 1. The molecule has 0 saturated heterocycles. The highest BCUT2D eigenvalue weighted by atomic mass is 19.1. The number of nitrogens with one attached hydrogen (secondary N) is 1. The van der Waals surface area contributed by atoms with E-state index in [4.69, 9.17) is 4.74 Å². The van der Waals surface area contributed by atoms with Crippen LogP contribution in [0, 0.1) is 5.82 Å². The molecular weight excluding hydrogens is 345 g/mol. The van der Waals surface area contributed by atoms with E-state index in [2.05, 4.69) is 15.3 Å². The summed E-state index contributed by atoms with van der Waals surface area (Å²) in [6.07, 6.45) is 0. The summed E-state index contributed by atoms with van der Waals surface area (Å²) in [6, 6.07) is 18.7. The van der Waals surface area contributed by atoms with Gasteiger partial charge in [0.2, 0.25) is 0 Å². The lowest BCUT2D eigenvalue weighted by Gasteiger charge is -2.12. The number of benzene rings is 3. The van der Waals surface area contributed by atoms with Crippen LogP contribution in [0.25, 0.3) is 22.3 Å². The fourth-order valence-electron chi connectivity index (χ4n) is 2.83. The Hall–Kier alpha value is -3.67. The molecule has 0 aliphatic rings. The Balaban J connectivity index is 1.87. The molecular formula is C21H16FN3O2. The first-order valence-electron chi connectivity index (χ1n) is 8.31. The lowest BCUT2D eigenvalue weighted by atomic mass is 10.1. The van der Waals surface area contributed by atoms with Gasteiger partial charge in [0.15, 0.2) is 17.3 Å². The van der Waals surface area contributed by atoms with Crippen LogP contribution in [0.3, 0.4) is 0 Å². The third-order valence-electron chi connectivity index (χ3n) is 4.17. The Labute approximate surface area is 155 Å². The lowest BCUT2D eigenvalue weighted by molar-refractivity contribution is 0.374. The van der Waals surface area contributed by atoms with Gasteiger partial charge in [0.25, 0.3) is 0 Å². The number of methoxy groups -OCH3 is 1. The summed E-state index contributed by atoms with van der Waals surface area (Å²) in [5.41, 5.74) is 1.87. The Morgan fingerprint density at radius 3 is 2.48 bits per heavy atom. The fourth-order valence-corrected chi connectivity index (χ4v) is 2.83. The number of para-hydroxylation sites is 2. The van der Waals surface area contributed by atoms with Crippen molar-refractivity contribution in [1.29, 1.82) is 0 Å². The summed E-state index contributed by atoms with van der Waals surface area (Å²) in [4.78, 5) is 9.17. The third-order valence-corrected chi connectivity index (χ3v) is 4.17. The normalized spacial score (nSPS) is 10.7. The number of nitrogens with zero attached hydrogens (tertiary/aromatic N) is 2. The van der Waals surface area contributed by atoms with Gasteiger partial charge < -0.3 is 15.2 Å². The fraction of sp³-hybridized carbons (Fsp3) is 0.0476. The monoisotopic (exact) mass is 361 g/mol. The smallest absolute Gasteiger partial charge is 0.168 e. The minimum Gasteiger partial charge on any atom is -0.504 e. The van der Waals surface area contributed by atoms with Gasteiger partial charge in [0.1, 0.15) is 11.6 Å². The van der Waals surface area contributed by atoms with Gasteiger partial charge in [-0.05, 0) is 48.5 Å². The number of ether oxygens (including phenoxy) is 1. The molecule has 0 bridgehead atoms. The van der Waals surface area contributed by atoms with Crippen molar-refractivity contribution in [3.8, 4) is 22.9 Å². The van der Waals surface area contributed by atoms with Gasteiger partial charge in [-0.15, -0.1) is 0 Å². The Morgan fingerprint density at radius 2 is 1.70 bits per heavy atom. The van der Waals surface area contributed by atoms with Gasteiger partial charge in [-0.1, -0.05) is 18.2 Å². The van der Waals surface area contributed by atoms with Crippen molar-refractivity contribution in [3.63, 3.8) is 0 Å². The molecule has 134 valence electrons. The van der Waals surface area contributed by atoms with Gasteiger partial charge in [0, 0.05) is 11.1 Å². The molecule has 0 saturated carbocycles. The summed E-state index contributed by atoms with van der Waals surface area (Å²) in [7, 11) is 1.49. The van der Waals surface area contributed by atoms with Crippen molar-refractivity contribution in [2.45, 2.75) is 0 Å². The second-order valence-corrected chi connectivity index (χ2v) is 5.90. The SMILES string of the molecule is COc1cccc(-c2nc(Nc3ccc(F)cc3)c3ccccc3n2)c1O. The molecule has 2 N–H and O–H groups in total. The van der Waals surface area contributed by atoms with E-state index in [0.717, 1.165) is 5.39 Å². The predicted octanol–water partition coefficient (Wildman–Crippen LogP) is 4.89. The average Bonchev–Trinajstić information content (AvgIpc) is 2.70. The zero-order chi connectivity index (χ0) is 18.8. The number of rotatable bonds is 4. The molecule has 0 amide bonds. The standard InChI is InChI=1S/C21H16FN3O2/c1-27-18-8-4-6-16(19(18)26)21-24-17-7-3-2-5-15(17)20(25-21)23-14-11-9-13(22)10-12-14/h2-12,26H,1H3,(H,23,24,25). The van der Waals surface area contributed by atoms with Crippen LogP contribution in [-0.2, 0) is 0 Å². The van der Waals surface area contributed by atoms with Crippen LogP contribution >= 0.6 is 0 Å². The average molecular weight is 361 g/mol. The molecule has 1 aromatic heterocycles. The Kier molecular flexibility index (Phi) is 4.30. The van der Waals surface area contributed by atoms with Crippen LogP contribution in [0.15, 0.2) is 66.7 Å². The van der Waals surface area contributed by atoms with Gasteiger partial charge in [0.05, 0.1) is 18.2 Å². The molecule has 3 aromatic carbocycles. The lowest BCUT2D eigenvalue weighted by Crippen LogP contribution is -2.00. The van der Waals surface area contributed by atoms with E-state index in [1.807, 2.05) is 24.3 Å². The van der Waals surface area contributed by atoms with Crippen LogP contribution in [0.4, 0.5) is 15.9 Å². The summed E-state index contributed by atoms with van der Waals surface area (Å²) in [5.74, 6) is 0.926. The highest BCUT2D eigenvalue weighted by molar-refractivity contribution is 5.92. The first-order chi connectivity index (χ1) is 13.2. The maximum atomic E-state index is 13.2. The number of hydrogen-bond acceptors (Lipinski definition) is 5. The van der Waals surface area contributed by atoms with Gasteiger partial charge in [-0.25, -0.2) is 14.4 Å². The zero-order valence-corrected chi connectivity index (χ0v) is 14.5. The molecule has 0 atom stereocenters. The molecule has 0 aliphatic heterocycles. The maximum absolute atomic E-state index is 13.2. The predicted molar refractivity (Wildman–Crippen MR) is 103 cm³/mol. The van der Waals surface area contributed by atoms with Gasteiger partial charge >= 0.3 is 0 Å². The molecule has 0 unspecified atom stereocenters. The van der Waals surface area contributed by atoms with E-state index in [1.54, 1.807) is 30.3 Å². The first-order valence-corrected chi connectivity index (χ1v) is 8.31. The van der Waals surface area contributed by atoms with E-state index in [9.17, 15) is 9.50 Å². The molecule has 1 heterocycles. The second kappa shape index (κ2) is 6.92.